The number of rotatable bonds is 4. The Balaban J connectivity index is 2.35. The zero-order valence-electron chi connectivity index (χ0n) is 13.7. The van der Waals surface area contributed by atoms with Gasteiger partial charge in [-0.05, 0) is 60.8 Å². The maximum Gasteiger partial charge on any atom is 0.206 e. The average Bonchev–Trinajstić information content (AvgIpc) is 2.62. The quantitative estimate of drug-likeness (QED) is 0.589. The second-order valence-corrected chi connectivity index (χ2v) is 7.73. The predicted molar refractivity (Wildman–Crippen MR) is 109 cm³/mol. The first-order chi connectivity index (χ1) is 11.9. The van der Waals surface area contributed by atoms with E-state index in [9.17, 15) is 8.42 Å². The van der Waals surface area contributed by atoms with Crippen molar-refractivity contribution in [3.63, 3.8) is 0 Å². The SMILES string of the molecule is CNC(=S)Nc1cccc(S(=O)(=O)c2cccc(NC(=S)NC)c2)c1. The Morgan fingerprint density at radius 1 is 0.800 bits per heavy atom. The number of hydrogen-bond donors (Lipinski definition) is 4. The summed E-state index contributed by atoms with van der Waals surface area (Å²) in [5.74, 6) is 0. The van der Waals surface area contributed by atoms with Gasteiger partial charge in [0.05, 0.1) is 9.79 Å². The van der Waals surface area contributed by atoms with Crippen LogP contribution in [0.5, 0.6) is 0 Å². The van der Waals surface area contributed by atoms with E-state index < -0.39 is 9.84 Å². The molecule has 0 amide bonds. The van der Waals surface area contributed by atoms with E-state index in [4.69, 9.17) is 24.4 Å². The molecule has 0 spiro atoms. The van der Waals surface area contributed by atoms with E-state index >= 15 is 0 Å². The normalized spacial score (nSPS) is 10.6. The molecule has 0 atom stereocenters. The molecule has 0 heterocycles. The first-order valence-corrected chi connectivity index (χ1v) is 9.59. The van der Waals surface area contributed by atoms with Crippen LogP contribution in [0, 0.1) is 0 Å². The predicted octanol–water partition coefficient (Wildman–Crippen LogP) is 2.35. The highest BCUT2D eigenvalue weighted by Crippen LogP contribution is 2.25. The van der Waals surface area contributed by atoms with Gasteiger partial charge in [-0.25, -0.2) is 8.42 Å². The van der Waals surface area contributed by atoms with Crippen LogP contribution in [0.25, 0.3) is 0 Å². The fourth-order valence-electron chi connectivity index (χ4n) is 2.01. The van der Waals surface area contributed by atoms with Crippen molar-refractivity contribution in [1.29, 1.82) is 0 Å². The summed E-state index contributed by atoms with van der Waals surface area (Å²) in [5.41, 5.74) is 1.18. The molecule has 0 radical (unpaired) electrons. The van der Waals surface area contributed by atoms with Gasteiger partial charge in [0.25, 0.3) is 0 Å². The lowest BCUT2D eigenvalue weighted by Crippen LogP contribution is -2.24. The minimum absolute atomic E-state index is 0.171. The van der Waals surface area contributed by atoms with E-state index in [2.05, 4.69) is 21.3 Å². The summed E-state index contributed by atoms with van der Waals surface area (Å²) < 4.78 is 25.8. The standard InChI is InChI=1S/C16H18N4O2S3/c1-17-15(23)19-11-5-3-7-13(9-11)25(21,22)14-8-4-6-12(10-14)20-16(24)18-2/h3-10H,1-2H3,(H2,17,19,23)(H2,18,20,24). The monoisotopic (exact) mass is 394 g/mol. The first-order valence-electron chi connectivity index (χ1n) is 7.29. The van der Waals surface area contributed by atoms with Gasteiger partial charge in [0.1, 0.15) is 0 Å². The molecule has 0 unspecified atom stereocenters. The second-order valence-electron chi connectivity index (χ2n) is 4.97. The first kappa shape index (κ1) is 19.1. The molecule has 2 aromatic carbocycles. The van der Waals surface area contributed by atoms with E-state index in [-0.39, 0.29) is 9.79 Å². The van der Waals surface area contributed by atoms with Crippen molar-refractivity contribution in [2.24, 2.45) is 0 Å². The summed E-state index contributed by atoms with van der Waals surface area (Å²) in [5, 5.41) is 12.2. The highest BCUT2D eigenvalue weighted by molar-refractivity contribution is 7.91. The number of nitrogens with one attached hydrogen (secondary N) is 4. The van der Waals surface area contributed by atoms with Crippen LogP contribution >= 0.6 is 24.4 Å². The molecule has 25 heavy (non-hydrogen) atoms. The Hall–Kier alpha value is -2.23. The summed E-state index contributed by atoms with van der Waals surface area (Å²) in [7, 11) is -0.307. The third-order valence-electron chi connectivity index (χ3n) is 3.26. The van der Waals surface area contributed by atoms with Crippen molar-refractivity contribution in [3.8, 4) is 0 Å². The Morgan fingerprint density at radius 3 is 1.56 bits per heavy atom. The van der Waals surface area contributed by atoms with Crippen LogP contribution in [0.15, 0.2) is 58.3 Å². The molecular formula is C16H18N4O2S3. The maximum atomic E-state index is 12.9. The average molecular weight is 395 g/mol. The number of thiocarbonyl (C=S) groups is 2. The number of benzene rings is 2. The van der Waals surface area contributed by atoms with Gasteiger partial charge in [0, 0.05) is 25.5 Å². The summed E-state index contributed by atoms with van der Waals surface area (Å²) in [6.07, 6.45) is 0. The van der Waals surface area contributed by atoms with E-state index in [1.165, 1.54) is 12.1 Å². The molecule has 132 valence electrons. The Morgan fingerprint density at radius 2 is 1.20 bits per heavy atom. The van der Waals surface area contributed by atoms with Crippen molar-refractivity contribution in [2.75, 3.05) is 24.7 Å². The zero-order chi connectivity index (χ0) is 18.4. The zero-order valence-corrected chi connectivity index (χ0v) is 16.1. The molecule has 0 fully saturated rings. The molecule has 0 aliphatic rings. The largest absolute Gasteiger partial charge is 0.366 e. The molecule has 0 saturated carbocycles. The highest BCUT2D eigenvalue weighted by Gasteiger charge is 2.18. The topological polar surface area (TPSA) is 82.3 Å². The van der Waals surface area contributed by atoms with Crippen LogP contribution in [0.4, 0.5) is 11.4 Å². The molecule has 9 heteroatoms. The van der Waals surface area contributed by atoms with Crippen molar-refractivity contribution in [2.45, 2.75) is 9.79 Å². The summed E-state index contributed by atoms with van der Waals surface area (Å²) >= 11 is 10.1. The van der Waals surface area contributed by atoms with Crippen molar-refractivity contribution in [3.05, 3.63) is 48.5 Å². The Kier molecular flexibility index (Phi) is 6.29. The van der Waals surface area contributed by atoms with Gasteiger partial charge in [0.2, 0.25) is 9.84 Å². The van der Waals surface area contributed by atoms with E-state index in [1.807, 2.05) is 0 Å². The summed E-state index contributed by atoms with van der Waals surface area (Å²) in [6, 6.07) is 13.0. The van der Waals surface area contributed by atoms with E-state index in [0.717, 1.165) is 0 Å². The van der Waals surface area contributed by atoms with Crippen LogP contribution in [0.3, 0.4) is 0 Å². The molecule has 0 saturated heterocycles. The van der Waals surface area contributed by atoms with Crippen molar-refractivity contribution in [1.82, 2.24) is 10.6 Å². The molecule has 0 aliphatic heterocycles. The fraction of sp³-hybridized carbons (Fsp3) is 0.125. The smallest absolute Gasteiger partial charge is 0.206 e. The third-order valence-corrected chi connectivity index (χ3v) is 5.62. The molecule has 4 N–H and O–H groups in total. The number of anilines is 2. The highest BCUT2D eigenvalue weighted by atomic mass is 32.2. The van der Waals surface area contributed by atoms with Crippen LogP contribution in [0.2, 0.25) is 0 Å². The molecule has 2 aromatic rings. The maximum absolute atomic E-state index is 12.9. The van der Waals surface area contributed by atoms with E-state index in [0.29, 0.717) is 21.6 Å². The van der Waals surface area contributed by atoms with Gasteiger partial charge in [-0.1, -0.05) is 12.1 Å². The molecule has 0 aliphatic carbocycles. The van der Waals surface area contributed by atoms with Crippen LogP contribution in [0.1, 0.15) is 0 Å². The van der Waals surface area contributed by atoms with Gasteiger partial charge in [0.15, 0.2) is 10.2 Å². The molecule has 2 rings (SSSR count). The molecule has 6 nitrogen and oxygen atoms in total. The second kappa shape index (κ2) is 8.24. The summed E-state index contributed by atoms with van der Waals surface area (Å²) in [6.45, 7) is 0. The van der Waals surface area contributed by atoms with Gasteiger partial charge in [-0.15, -0.1) is 0 Å². The third kappa shape index (κ3) is 4.88. The number of sulfone groups is 1. The number of hydrogen-bond acceptors (Lipinski definition) is 4. The molecule has 0 aromatic heterocycles. The lowest BCUT2D eigenvalue weighted by molar-refractivity contribution is 0.596. The minimum Gasteiger partial charge on any atom is -0.366 e. The van der Waals surface area contributed by atoms with Crippen LogP contribution in [-0.2, 0) is 9.84 Å². The Bertz CT molecular complexity index is 830. The minimum atomic E-state index is -3.68. The van der Waals surface area contributed by atoms with Gasteiger partial charge in [-0.2, -0.15) is 0 Å². The van der Waals surface area contributed by atoms with Crippen LogP contribution in [-0.4, -0.2) is 32.7 Å². The van der Waals surface area contributed by atoms with Crippen molar-refractivity contribution < 1.29 is 8.42 Å². The molecule has 0 bridgehead atoms. The van der Waals surface area contributed by atoms with Gasteiger partial charge < -0.3 is 21.3 Å². The van der Waals surface area contributed by atoms with Gasteiger partial charge >= 0.3 is 0 Å². The van der Waals surface area contributed by atoms with Crippen molar-refractivity contribution >= 4 is 55.9 Å². The lowest BCUT2D eigenvalue weighted by Gasteiger charge is -2.11. The Labute approximate surface area is 157 Å². The fourth-order valence-corrected chi connectivity index (χ4v) is 3.59. The van der Waals surface area contributed by atoms with E-state index in [1.54, 1.807) is 50.5 Å². The summed E-state index contributed by atoms with van der Waals surface area (Å²) in [4.78, 5) is 0.342. The lowest BCUT2D eigenvalue weighted by atomic mass is 10.3. The van der Waals surface area contributed by atoms with Gasteiger partial charge in [-0.3, -0.25) is 0 Å². The van der Waals surface area contributed by atoms with Crippen LogP contribution < -0.4 is 21.3 Å². The molecular weight excluding hydrogens is 376 g/mol.